The van der Waals surface area contributed by atoms with E-state index in [2.05, 4.69) is 4.98 Å². The lowest BCUT2D eigenvalue weighted by Gasteiger charge is -2.04. The molecule has 1 aromatic carbocycles. The van der Waals surface area contributed by atoms with Crippen LogP contribution in [0.5, 0.6) is 11.6 Å². The van der Waals surface area contributed by atoms with Gasteiger partial charge in [0.2, 0.25) is 5.88 Å². The van der Waals surface area contributed by atoms with Gasteiger partial charge in [-0.1, -0.05) is 12.1 Å². The second-order valence-electron chi connectivity index (χ2n) is 3.18. The third-order valence-electron chi connectivity index (χ3n) is 2.02. The highest BCUT2D eigenvalue weighted by atomic mass is 16.5. The highest BCUT2D eigenvalue weighted by Crippen LogP contribution is 2.24. The summed E-state index contributed by atoms with van der Waals surface area (Å²) in [5, 5.41) is 18.7. The van der Waals surface area contributed by atoms with Crippen molar-refractivity contribution in [2.24, 2.45) is 0 Å². The molecule has 0 spiro atoms. The number of hydrogen-bond acceptors (Lipinski definition) is 4. The number of carbonyl (C=O) groups is 1. The molecule has 1 heterocycles. The number of aromatic hydroxyl groups is 1. The lowest BCUT2D eigenvalue weighted by molar-refractivity contribution is -0.139. The predicted molar refractivity (Wildman–Crippen MR) is 56.5 cm³/mol. The maximum atomic E-state index is 10.3. The van der Waals surface area contributed by atoms with Gasteiger partial charge in [0.1, 0.15) is 11.3 Å². The van der Waals surface area contributed by atoms with E-state index >= 15 is 0 Å². The Bertz CT molecular complexity index is 538. The van der Waals surface area contributed by atoms with Crippen LogP contribution in [0.2, 0.25) is 0 Å². The van der Waals surface area contributed by atoms with Crippen LogP contribution in [0.15, 0.2) is 30.3 Å². The number of fused-ring (bicyclic) bond motifs is 1. The number of para-hydroxylation sites is 1. The molecule has 2 aromatic rings. The zero-order chi connectivity index (χ0) is 11.5. The van der Waals surface area contributed by atoms with Gasteiger partial charge in [0.05, 0.1) is 0 Å². The zero-order valence-electron chi connectivity index (χ0n) is 8.25. The normalized spacial score (nSPS) is 10.2. The average Bonchev–Trinajstić information content (AvgIpc) is 2.27. The number of carboxylic acids is 1. The molecule has 0 saturated carbocycles. The first-order chi connectivity index (χ1) is 7.66. The maximum absolute atomic E-state index is 10.3. The summed E-state index contributed by atoms with van der Waals surface area (Å²) in [7, 11) is 0. The molecule has 0 fully saturated rings. The van der Waals surface area contributed by atoms with E-state index in [0.29, 0.717) is 5.52 Å². The number of pyridine rings is 1. The fourth-order valence-corrected chi connectivity index (χ4v) is 1.33. The van der Waals surface area contributed by atoms with Crippen LogP contribution in [0, 0.1) is 0 Å². The number of phenolic OH excluding ortho intramolecular Hbond substituents is 1. The van der Waals surface area contributed by atoms with Crippen LogP contribution in [-0.2, 0) is 4.79 Å². The summed E-state index contributed by atoms with van der Waals surface area (Å²) in [6.07, 6.45) is 0. The van der Waals surface area contributed by atoms with Crippen LogP contribution < -0.4 is 4.74 Å². The van der Waals surface area contributed by atoms with Gasteiger partial charge in [-0.2, -0.15) is 0 Å². The van der Waals surface area contributed by atoms with Crippen LogP contribution in [0.4, 0.5) is 0 Å². The van der Waals surface area contributed by atoms with E-state index in [0.717, 1.165) is 5.39 Å². The molecule has 16 heavy (non-hydrogen) atoms. The zero-order valence-corrected chi connectivity index (χ0v) is 8.25. The van der Waals surface area contributed by atoms with Gasteiger partial charge in [0, 0.05) is 11.5 Å². The second-order valence-corrected chi connectivity index (χ2v) is 3.18. The van der Waals surface area contributed by atoms with Crippen LogP contribution in [0.3, 0.4) is 0 Å². The molecule has 5 nitrogen and oxygen atoms in total. The Morgan fingerprint density at radius 3 is 2.88 bits per heavy atom. The van der Waals surface area contributed by atoms with E-state index in [1.165, 1.54) is 6.07 Å². The first-order valence-electron chi connectivity index (χ1n) is 4.60. The monoisotopic (exact) mass is 219 g/mol. The number of rotatable bonds is 3. The Kier molecular flexibility index (Phi) is 2.59. The second kappa shape index (κ2) is 4.06. The molecule has 0 amide bonds. The van der Waals surface area contributed by atoms with Crippen LogP contribution >= 0.6 is 0 Å². The average molecular weight is 219 g/mol. The summed E-state index contributed by atoms with van der Waals surface area (Å²) in [5.74, 6) is -0.853. The van der Waals surface area contributed by atoms with Crippen molar-refractivity contribution in [2.45, 2.75) is 0 Å². The Morgan fingerprint density at radius 2 is 2.12 bits per heavy atom. The summed E-state index contributed by atoms with van der Waals surface area (Å²) >= 11 is 0. The van der Waals surface area contributed by atoms with E-state index in [1.807, 2.05) is 0 Å². The highest BCUT2D eigenvalue weighted by molar-refractivity contribution is 5.84. The van der Waals surface area contributed by atoms with Crippen molar-refractivity contribution in [3.05, 3.63) is 30.3 Å². The highest BCUT2D eigenvalue weighted by Gasteiger charge is 2.04. The summed E-state index contributed by atoms with van der Waals surface area (Å²) in [5.41, 5.74) is 0.394. The minimum absolute atomic E-state index is 0.0401. The van der Waals surface area contributed by atoms with E-state index in [1.54, 1.807) is 24.3 Å². The van der Waals surface area contributed by atoms with E-state index < -0.39 is 12.6 Å². The van der Waals surface area contributed by atoms with Gasteiger partial charge in [-0.25, -0.2) is 9.78 Å². The fourth-order valence-electron chi connectivity index (χ4n) is 1.33. The molecule has 1 aromatic heterocycles. The minimum Gasteiger partial charge on any atom is -0.506 e. The topological polar surface area (TPSA) is 79.7 Å². The van der Waals surface area contributed by atoms with E-state index in [4.69, 9.17) is 9.84 Å². The van der Waals surface area contributed by atoms with Crippen molar-refractivity contribution in [1.82, 2.24) is 4.98 Å². The van der Waals surface area contributed by atoms with Crippen molar-refractivity contribution in [3.63, 3.8) is 0 Å². The van der Waals surface area contributed by atoms with Crippen molar-refractivity contribution in [1.29, 1.82) is 0 Å². The molecule has 0 saturated heterocycles. The summed E-state index contributed by atoms with van der Waals surface area (Å²) < 4.78 is 4.91. The molecule has 2 rings (SSSR count). The first kappa shape index (κ1) is 10.2. The Hall–Kier alpha value is -2.30. The number of ether oxygens (including phenoxy) is 1. The van der Waals surface area contributed by atoms with Crippen molar-refractivity contribution in [2.75, 3.05) is 6.61 Å². The first-order valence-corrected chi connectivity index (χ1v) is 4.60. The minimum atomic E-state index is -1.07. The largest absolute Gasteiger partial charge is 0.506 e. The Labute approximate surface area is 90.9 Å². The van der Waals surface area contributed by atoms with E-state index in [9.17, 15) is 9.90 Å². The van der Waals surface area contributed by atoms with Gasteiger partial charge in [0.15, 0.2) is 6.61 Å². The summed E-state index contributed by atoms with van der Waals surface area (Å²) in [6, 6.07) is 8.28. The molecule has 0 radical (unpaired) electrons. The van der Waals surface area contributed by atoms with Crippen molar-refractivity contribution < 1.29 is 19.7 Å². The van der Waals surface area contributed by atoms with Crippen molar-refractivity contribution in [3.8, 4) is 11.6 Å². The van der Waals surface area contributed by atoms with E-state index in [-0.39, 0.29) is 11.6 Å². The number of benzene rings is 1. The lowest BCUT2D eigenvalue weighted by Crippen LogP contribution is -2.10. The number of aromatic nitrogens is 1. The van der Waals surface area contributed by atoms with Crippen LogP contribution in [-0.4, -0.2) is 27.8 Å². The standard InChI is InChI=1S/C11H9NO4/c13-8-3-1-2-7-4-5-9(12-11(7)8)16-6-10(14)15/h1-5,13H,6H2,(H,14,15). The third kappa shape index (κ3) is 2.03. The molecule has 0 bridgehead atoms. The number of aliphatic carboxylic acids is 1. The number of phenols is 1. The molecule has 0 aliphatic rings. The Balaban J connectivity index is 2.35. The summed E-state index contributed by atoms with van der Waals surface area (Å²) in [4.78, 5) is 14.3. The molecule has 0 unspecified atom stereocenters. The molecule has 0 aliphatic carbocycles. The SMILES string of the molecule is O=C(O)COc1ccc2cccc(O)c2n1. The van der Waals surface area contributed by atoms with Crippen molar-refractivity contribution >= 4 is 16.9 Å². The smallest absolute Gasteiger partial charge is 0.341 e. The van der Waals surface area contributed by atoms with Gasteiger partial charge in [-0.05, 0) is 12.1 Å². The Morgan fingerprint density at radius 1 is 1.31 bits per heavy atom. The molecule has 82 valence electrons. The maximum Gasteiger partial charge on any atom is 0.341 e. The number of carboxylic acid groups (broad SMARTS) is 1. The molecule has 5 heteroatoms. The number of nitrogens with zero attached hydrogens (tertiary/aromatic N) is 1. The number of hydrogen-bond donors (Lipinski definition) is 2. The quantitative estimate of drug-likeness (QED) is 0.815. The molecular formula is C11H9NO4. The van der Waals surface area contributed by atoms with Gasteiger partial charge in [-0.15, -0.1) is 0 Å². The third-order valence-corrected chi connectivity index (χ3v) is 2.02. The van der Waals surface area contributed by atoms with Crippen LogP contribution in [0.1, 0.15) is 0 Å². The molecule has 2 N–H and O–H groups in total. The van der Waals surface area contributed by atoms with Gasteiger partial charge in [0.25, 0.3) is 0 Å². The summed E-state index contributed by atoms with van der Waals surface area (Å²) in [6.45, 7) is -0.452. The van der Waals surface area contributed by atoms with Gasteiger partial charge >= 0.3 is 5.97 Å². The van der Waals surface area contributed by atoms with Crippen LogP contribution in [0.25, 0.3) is 10.9 Å². The van der Waals surface area contributed by atoms with Gasteiger partial charge in [-0.3, -0.25) is 0 Å². The molecule has 0 aliphatic heterocycles. The predicted octanol–water partition coefficient (Wildman–Crippen LogP) is 1.40. The molecular weight excluding hydrogens is 210 g/mol. The molecule has 0 atom stereocenters. The fraction of sp³-hybridized carbons (Fsp3) is 0.0909. The van der Waals surface area contributed by atoms with Gasteiger partial charge < -0.3 is 14.9 Å². The lowest BCUT2D eigenvalue weighted by atomic mass is 10.2.